The normalized spacial score (nSPS) is 15.1. The second-order valence-electron chi connectivity index (χ2n) is 6.11. The highest BCUT2D eigenvalue weighted by molar-refractivity contribution is 5.97. The minimum atomic E-state index is -0.833. The Labute approximate surface area is 131 Å². The molecular formula is C18H25FO3. The maximum Gasteiger partial charge on any atom is 0.300 e. The second kappa shape index (κ2) is 8.66. The Balaban J connectivity index is 0.000000541. The third-order valence-electron chi connectivity index (χ3n) is 3.85. The first-order valence-corrected chi connectivity index (χ1v) is 7.86. The molecule has 1 aliphatic carbocycles. The van der Waals surface area contributed by atoms with Crippen LogP contribution in [0.25, 0.3) is 0 Å². The van der Waals surface area contributed by atoms with Gasteiger partial charge in [0, 0.05) is 18.4 Å². The number of ketones is 1. The van der Waals surface area contributed by atoms with Crippen LogP contribution < -0.4 is 0 Å². The summed E-state index contributed by atoms with van der Waals surface area (Å²) >= 11 is 0. The molecule has 0 bridgehead atoms. The Morgan fingerprint density at radius 2 is 1.73 bits per heavy atom. The summed E-state index contributed by atoms with van der Waals surface area (Å²) in [5.74, 6) is -0.746. The van der Waals surface area contributed by atoms with Gasteiger partial charge in [0.15, 0.2) is 5.78 Å². The molecule has 122 valence electrons. The highest BCUT2D eigenvalue weighted by Gasteiger charge is 2.20. The number of carboxylic acid groups (broad SMARTS) is 1. The number of Topliss-reactive ketones (excluding diaryl/α,β-unsaturated/α-hetero) is 1. The van der Waals surface area contributed by atoms with Crippen molar-refractivity contribution >= 4 is 11.8 Å². The van der Waals surface area contributed by atoms with Gasteiger partial charge in [0.2, 0.25) is 0 Å². The van der Waals surface area contributed by atoms with Gasteiger partial charge < -0.3 is 5.11 Å². The summed E-state index contributed by atoms with van der Waals surface area (Å²) in [5.41, 5.74) is 1.30. The van der Waals surface area contributed by atoms with Gasteiger partial charge in [-0.25, -0.2) is 4.39 Å². The molecule has 2 rings (SSSR count). The quantitative estimate of drug-likeness (QED) is 0.816. The molecule has 0 amide bonds. The molecule has 1 aromatic carbocycles. The molecule has 0 spiro atoms. The van der Waals surface area contributed by atoms with E-state index in [4.69, 9.17) is 9.90 Å². The SMILES string of the molecule is CC(=O)O.CC(C)C(=O)c1ccc(C2CCCCC2)c(F)c1. The molecule has 22 heavy (non-hydrogen) atoms. The molecule has 0 aromatic heterocycles. The van der Waals surface area contributed by atoms with Gasteiger partial charge in [0.05, 0.1) is 0 Å². The number of hydrogen-bond donors (Lipinski definition) is 1. The zero-order valence-electron chi connectivity index (χ0n) is 13.6. The van der Waals surface area contributed by atoms with Gasteiger partial charge in [-0.05, 0) is 30.4 Å². The van der Waals surface area contributed by atoms with Crippen molar-refractivity contribution in [2.75, 3.05) is 0 Å². The van der Waals surface area contributed by atoms with Crippen molar-refractivity contribution in [3.05, 3.63) is 35.1 Å². The first-order valence-electron chi connectivity index (χ1n) is 7.86. The van der Waals surface area contributed by atoms with Crippen LogP contribution in [0.4, 0.5) is 4.39 Å². The van der Waals surface area contributed by atoms with E-state index in [9.17, 15) is 9.18 Å². The molecule has 0 heterocycles. The second-order valence-corrected chi connectivity index (χ2v) is 6.11. The van der Waals surface area contributed by atoms with E-state index in [-0.39, 0.29) is 17.5 Å². The lowest BCUT2D eigenvalue weighted by atomic mass is 9.83. The summed E-state index contributed by atoms with van der Waals surface area (Å²) in [7, 11) is 0. The first-order chi connectivity index (χ1) is 10.3. The number of carbonyl (C=O) groups excluding carboxylic acids is 1. The lowest BCUT2D eigenvalue weighted by Crippen LogP contribution is -2.10. The van der Waals surface area contributed by atoms with Crippen molar-refractivity contribution < 1.29 is 19.1 Å². The molecule has 0 unspecified atom stereocenters. The zero-order chi connectivity index (χ0) is 16.7. The molecule has 0 saturated heterocycles. The van der Waals surface area contributed by atoms with Crippen molar-refractivity contribution in [2.24, 2.45) is 5.92 Å². The third-order valence-corrected chi connectivity index (χ3v) is 3.85. The summed E-state index contributed by atoms with van der Waals surface area (Å²) in [4.78, 5) is 20.8. The monoisotopic (exact) mass is 308 g/mol. The van der Waals surface area contributed by atoms with Gasteiger partial charge in [-0.3, -0.25) is 9.59 Å². The van der Waals surface area contributed by atoms with Crippen LogP contribution in [-0.2, 0) is 4.79 Å². The fourth-order valence-corrected chi connectivity index (χ4v) is 2.76. The lowest BCUT2D eigenvalue weighted by molar-refractivity contribution is -0.134. The molecular weight excluding hydrogens is 283 g/mol. The van der Waals surface area contributed by atoms with Gasteiger partial charge in [0.1, 0.15) is 5.82 Å². The first kappa shape index (κ1) is 18.3. The molecule has 3 nitrogen and oxygen atoms in total. The van der Waals surface area contributed by atoms with E-state index < -0.39 is 5.97 Å². The summed E-state index contributed by atoms with van der Waals surface area (Å²) in [6.45, 7) is 4.77. The average molecular weight is 308 g/mol. The van der Waals surface area contributed by atoms with Crippen LogP contribution in [0.3, 0.4) is 0 Å². The van der Waals surface area contributed by atoms with Crippen molar-refractivity contribution in [1.82, 2.24) is 0 Å². The van der Waals surface area contributed by atoms with E-state index in [1.807, 2.05) is 19.9 Å². The van der Waals surface area contributed by atoms with Gasteiger partial charge in [-0.2, -0.15) is 0 Å². The van der Waals surface area contributed by atoms with Gasteiger partial charge in [0.25, 0.3) is 5.97 Å². The Bertz CT molecular complexity index is 513. The Morgan fingerprint density at radius 1 is 1.18 bits per heavy atom. The number of carbonyl (C=O) groups is 2. The number of aliphatic carboxylic acids is 1. The number of carboxylic acids is 1. The van der Waals surface area contributed by atoms with Crippen LogP contribution in [0.2, 0.25) is 0 Å². The molecule has 1 fully saturated rings. The van der Waals surface area contributed by atoms with E-state index in [0.717, 1.165) is 25.3 Å². The smallest absolute Gasteiger partial charge is 0.300 e. The number of benzene rings is 1. The van der Waals surface area contributed by atoms with Crippen LogP contribution in [0.1, 0.15) is 74.7 Å². The topological polar surface area (TPSA) is 54.4 Å². The minimum Gasteiger partial charge on any atom is -0.481 e. The van der Waals surface area contributed by atoms with E-state index >= 15 is 0 Å². The minimum absolute atomic E-state index is 0.0177. The standard InChI is InChI=1S/C16H21FO.C2H4O2/c1-11(2)16(18)13-8-9-14(15(17)10-13)12-6-4-3-5-7-12;1-2(3)4/h8-12H,3-7H2,1-2H3;1H3,(H,3,4). The Morgan fingerprint density at radius 3 is 2.18 bits per heavy atom. The van der Waals surface area contributed by atoms with E-state index in [1.165, 1.54) is 25.3 Å². The van der Waals surface area contributed by atoms with Crippen molar-refractivity contribution in [3.8, 4) is 0 Å². The van der Waals surface area contributed by atoms with Crippen LogP contribution >= 0.6 is 0 Å². The molecule has 1 N–H and O–H groups in total. The highest BCUT2D eigenvalue weighted by atomic mass is 19.1. The van der Waals surface area contributed by atoms with Crippen LogP contribution in [-0.4, -0.2) is 16.9 Å². The molecule has 1 aliphatic rings. The molecule has 0 radical (unpaired) electrons. The van der Waals surface area contributed by atoms with Crippen molar-refractivity contribution in [1.29, 1.82) is 0 Å². The maximum absolute atomic E-state index is 14.1. The van der Waals surface area contributed by atoms with E-state index in [0.29, 0.717) is 11.5 Å². The summed E-state index contributed by atoms with van der Waals surface area (Å²) in [5, 5.41) is 7.42. The lowest BCUT2D eigenvalue weighted by Gasteiger charge is -2.22. The average Bonchev–Trinajstić information content (AvgIpc) is 2.46. The van der Waals surface area contributed by atoms with Gasteiger partial charge in [-0.15, -0.1) is 0 Å². The summed E-state index contributed by atoms with van der Waals surface area (Å²) in [6.07, 6.45) is 5.80. The summed E-state index contributed by atoms with van der Waals surface area (Å²) < 4.78 is 14.1. The van der Waals surface area contributed by atoms with Crippen LogP contribution in [0.5, 0.6) is 0 Å². The predicted molar refractivity (Wildman–Crippen MR) is 84.7 cm³/mol. The fourth-order valence-electron chi connectivity index (χ4n) is 2.76. The van der Waals surface area contributed by atoms with Crippen LogP contribution in [0, 0.1) is 11.7 Å². The van der Waals surface area contributed by atoms with E-state index in [1.54, 1.807) is 6.07 Å². The Kier molecular flexibility index (Phi) is 7.22. The highest BCUT2D eigenvalue weighted by Crippen LogP contribution is 2.34. The molecule has 1 aromatic rings. The van der Waals surface area contributed by atoms with Gasteiger partial charge >= 0.3 is 0 Å². The fraction of sp³-hybridized carbons (Fsp3) is 0.556. The predicted octanol–water partition coefficient (Wildman–Crippen LogP) is 4.80. The summed E-state index contributed by atoms with van der Waals surface area (Å²) in [6, 6.07) is 5.03. The molecule has 0 atom stereocenters. The number of hydrogen-bond acceptors (Lipinski definition) is 2. The van der Waals surface area contributed by atoms with Gasteiger partial charge in [-0.1, -0.05) is 45.2 Å². The molecule has 0 aliphatic heterocycles. The number of rotatable bonds is 3. The largest absolute Gasteiger partial charge is 0.481 e. The van der Waals surface area contributed by atoms with Crippen molar-refractivity contribution in [2.45, 2.75) is 58.8 Å². The molecule has 4 heteroatoms. The van der Waals surface area contributed by atoms with Crippen molar-refractivity contribution in [3.63, 3.8) is 0 Å². The number of halogens is 1. The third kappa shape index (κ3) is 5.58. The Hall–Kier alpha value is -1.71. The zero-order valence-corrected chi connectivity index (χ0v) is 13.6. The van der Waals surface area contributed by atoms with E-state index in [2.05, 4.69) is 0 Å². The molecule has 1 saturated carbocycles. The maximum atomic E-state index is 14.1. The van der Waals surface area contributed by atoms with Crippen LogP contribution in [0.15, 0.2) is 18.2 Å².